The van der Waals surface area contributed by atoms with Crippen LogP contribution >= 0.6 is 23.4 Å². The molecule has 0 aliphatic carbocycles. The lowest BCUT2D eigenvalue weighted by Gasteiger charge is -2.04. The largest absolute Gasteiger partial charge is 0.366 e. The van der Waals surface area contributed by atoms with Gasteiger partial charge in [-0.25, -0.2) is 4.99 Å². The van der Waals surface area contributed by atoms with Crippen molar-refractivity contribution in [3.8, 4) is 0 Å². The van der Waals surface area contributed by atoms with Gasteiger partial charge in [-0.2, -0.15) is 0 Å². The van der Waals surface area contributed by atoms with Crippen molar-refractivity contribution in [1.29, 1.82) is 0 Å². The van der Waals surface area contributed by atoms with E-state index < -0.39 is 5.91 Å². The summed E-state index contributed by atoms with van der Waals surface area (Å²) in [7, 11) is 0. The number of carbonyl (C=O) groups is 2. The van der Waals surface area contributed by atoms with Crippen LogP contribution in [0.2, 0.25) is 5.02 Å². The van der Waals surface area contributed by atoms with E-state index in [4.69, 9.17) is 17.3 Å². The van der Waals surface area contributed by atoms with Crippen molar-refractivity contribution >= 4 is 51.6 Å². The lowest BCUT2D eigenvalue weighted by Crippen LogP contribution is -2.20. The molecule has 1 fully saturated rings. The standard InChI is InChI=1S/C18H14ClN3O2S/c1-10(11-6-8-12(19)9-7-11)15-17(24)22-18(25-15)21-14-5-3-2-4-13(14)16(20)23/h2-9H,1H3,(H2,20,23)(H,21,22,24)/b15-10-. The Labute approximate surface area is 154 Å². The van der Waals surface area contributed by atoms with Crippen LogP contribution in [0.5, 0.6) is 0 Å². The fraction of sp³-hybridized carbons (Fsp3) is 0.0556. The van der Waals surface area contributed by atoms with Gasteiger partial charge in [-0.1, -0.05) is 35.9 Å². The summed E-state index contributed by atoms with van der Waals surface area (Å²) in [5, 5.41) is 3.76. The third-order valence-corrected chi connectivity index (χ3v) is 4.97. The molecule has 25 heavy (non-hydrogen) atoms. The van der Waals surface area contributed by atoms with Gasteiger partial charge >= 0.3 is 0 Å². The molecule has 0 unspecified atom stereocenters. The minimum absolute atomic E-state index is 0.229. The highest BCUT2D eigenvalue weighted by molar-refractivity contribution is 8.18. The van der Waals surface area contributed by atoms with E-state index in [1.54, 1.807) is 36.4 Å². The minimum Gasteiger partial charge on any atom is -0.366 e. The molecule has 1 aliphatic rings. The SMILES string of the molecule is C/C(=C1/SC(=Nc2ccccc2C(N)=O)NC1=O)c1ccc(Cl)cc1. The second-order valence-corrected chi connectivity index (χ2v) is 6.75. The van der Waals surface area contributed by atoms with Crippen LogP contribution in [-0.2, 0) is 4.79 Å². The van der Waals surface area contributed by atoms with E-state index in [9.17, 15) is 9.59 Å². The number of carbonyl (C=O) groups excluding carboxylic acids is 2. The number of amidine groups is 1. The van der Waals surface area contributed by atoms with E-state index in [1.165, 1.54) is 11.8 Å². The number of rotatable bonds is 3. The topological polar surface area (TPSA) is 84.5 Å². The van der Waals surface area contributed by atoms with Crippen LogP contribution in [0.15, 0.2) is 58.4 Å². The van der Waals surface area contributed by atoms with Crippen molar-refractivity contribution in [2.24, 2.45) is 10.7 Å². The lowest BCUT2D eigenvalue weighted by atomic mass is 10.1. The monoisotopic (exact) mass is 371 g/mol. The number of primary amides is 1. The van der Waals surface area contributed by atoms with Crippen LogP contribution in [0.25, 0.3) is 5.57 Å². The van der Waals surface area contributed by atoms with E-state index in [0.29, 0.717) is 26.3 Å². The Balaban J connectivity index is 1.94. The second kappa shape index (κ2) is 7.13. The number of aliphatic imine (C=N–C) groups is 1. The summed E-state index contributed by atoms with van der Waals surface area (Å²) in [5.41, 5.74) is 7.81. The predicted molar refractivity (Wildman–Crippen MR) is 102 cm³/mol. The molecular formula is C18H14ClN3O2S. The Hall–Kier alpha value is -2.57. The van der Waals surface area contributed by atoms with Gasteiger partial charge in [0.15, 0.2) is 5.17 Å². The normalized spacial score (nSPS) is 17.5. The molecule has 7 heteroatoms. The zero-order chi connectivity index (χ0) is 18.0. The summed E-state index contributed by atoms with van der Waals surface area (Å²) < 4.78 is 0. The van der Waals surface area contributed by atoms with Gasteiger partial charge in [0.2, 0.25) is 0 Å². The molecule has 3 rings (SSSR count). The van der Waals surface area contributed by atoms with E-state index in [-0.39, 0.29) is 5.91 Å². The summed E-state index contributed by atoms with van der Waals surface area (Å²) >= 11 is 7.13. The third kappa shape index (κ3) is 3.75. The average Bonchev–Trinajstić information content (AvgIpc) is 2.95. The first kappa shape index (κ1) is 17.3. The van der Waals surface area contributed by atoms with Gasteiger partial charge in [0.25, 0.3) is 11.8 Å². The molecule has 0 atom stereocenters. The van der Waals surface area contributed by atoms with Gasteiger partial charge in [-0.15, -0.1) is 0 Å². The number of para-hydroxylation sites is 1. The highest BCUT2D eigenvalue weighted by Gasteiger charge is 2.26. The van der Waals surface area contributed by atoms with Gasteiger partial charge in [0.1, 0.15) is 0 Å². The van der Waals surface area contributed by atoms with E-state index >= 15 is 0 Å². The van der Waals surface area contributed by atoms with Gasteiger partial charge in [-0.05, 0) is 54.1 Å². The number of hydrogen-bond acceptors (Lipinski definition) is 4. The van der Waals surface area contributed by atoms with Crippen LogP contribution in [-0.4, -0.2) is 17.0 Å². The molecule has 1 aliphatic heterocycles. The maximum atomic E-state index is 12.3. The van der Waals surface area contributed by atoms with Gasteiger partial charge < -0.3 is 11.1 Å². The molecule has 2 amide bonds. The molecule has 0 spiro atoms. The van der Waals surface area contributed by atoms with Crippen molar-refractivity contribution in [2.45, 2.75) is 6.92 Å². The quantitative estimate of drug-likeness (QED) is 0.806. The van der Waals surface area contributed by atoms with Crippen LogP contribution in [0.3, 0.4) is 0 Å². The summed E-state index contributed by atoms with van der Waals surface area (Å²) in [6, 6.07) is 14.0. The summed E-state index contributed by atoms with van der Waals surface area (Å²) in [6.45, 7) is 1.87. The minimum atomic E-state index is -0.567. The second-order valence-electron chi connectivity index (χ2n) is 5.32. The maximum absolute atomic E-state index is 12.3. The first-order chi connectivity index (χ1) is 12.0. The Kier molecular flexibility index (Phi) is 4.92. The number of halogens is 1. The lowest BCUT2D eigenvalue weighted by molar-refractivity contribution is -0.115. The first-order valence-corrected chi connectivity index (χ1v) is 8.58. The number of nitrogens with two attached hydrogens (primary N) is 1. The number of benzene rings is 2. The molecule has 1 heterocycles. The third-order valence-electron chi connectivity index (χ3n) is 3.63. The molecule has 0 radical (unpaired) electrons. The van der Waals surface area contributed by atoms with Crippen molar-refractivity contribution in [3.63, 3.8) is 0 Å². The van der Waals surface area contributed by atoms with Crippen molar-refractivity contribution in [1.82, 2.24) is 5.32 Å². The molecule has 126 valence electrons. The summed E-state index contributed by atoms with van der Waals surface area (Å²) in [4.78, 5) is 28.7. The predicted octanol–water partition coefficient (Wildman–Crippen LogP) is 3.72. The molecular weight excluding hydrogens is 358 g/mol. The summed E-state index contributed by atoms with van der Waals surface area (Å²) in [5.74, 6) is -0.796. The van der Waals surface area contributed by atoms with Gasteiger partial charge in [-0.3, -0.25) is 9.59 Å². The average molecular weight is 372 g/mol. The molecule has 0 bridgehead atoms. The molecule has 0 saturated carbocycles. The first-order valence-electron chi connectivity index (χ1n) is 7.39. The Morgan fingerprint density at radius 2 is 1.84 bits per heavy atom. The fourth-order valence-corrected chi connectivity index (χ4v) is 3.36. The maximum Gasteiger partial charge on any atom is 0.264 e. The van der Waals surface area contributed by atoms with Crippen molar-refractivity contribution < 1.29 is 9.59 Å². The molecule has 1 saturated heterocycles. The molecule has 2 aromatic carbocycles. The molecule has 3 N–H and O–H groups in total. The number of amides is 2. The number of hydrogen-bond donors (Lipinski definition) is 2. The fourth-order valence-electron chi connectivity index (χ4n) is 2.34. The highest BCUT2D eigenvalue weighted by Crippen LogP contribution is 2.33. The van der Waals surface area contributed by atoms with Crippen LogP contribution < -0.4 is 11.1 Å². The van der Waals surface area contributed by atoms with Crippen molar-refractivity contribution in [3.05, 3.63) is 69.6 Å². The van der Waals surface area contributed by atoms with Crippen LogP contribution in [0.4, 0.5) is 5.69 Å². The van der Waals surface area contributed by atoms with Crippen LogP contribution in [0, 0.1) is 0 Å². The highest BCUT2D eigenvalue weighted by atomic mass is 35.5. The summed E-state index contributed by atoms with van der Waals surface area (Å²) in [6.07, 6.45) is 0. The zero-order valence-corrected chi connectivity index (χ0v) is 14.8. The molecule has 5 nitrogen and oxygen atoms in total. The number of nitrogens with zero attached hydrogens (tertiary/aromatic N) is 1. The number of nitrogens with one attached hydrogen (secondary N) is 1. The van der Waals surface area contributed by atoms with Gasteiger partial charge in [0, 0.05) is 5.02 Å². The van der Waals surface area contributed by atoms with Crippen molar-refractivity contribution in [2.75, 3.05) is 0 Å². The zero-order valence-electron chi connectivity index (χ0n) is 13.2. The Bertz CT molecular complexity index is 920. The van der Waals surface area contributed by atoms with E-state index in [0.717, 1.165) is 11.1 Å². The smallest absolute Gasteiger partial charge is 0.264 e. The molecule has 0 aromatic heterocycles. The Morgan fingerprint density at radius 1 is 1.16 bits per heavy atom. The van der Waals surface area contributed by atoms with Crippen LogP contribution in [0.1, 0.15) is 22.8 Å². The Morgan fingerprint density at radius 3 is 2.52 bits per heavy atom. The van der Waals surface area contributed by atoms with E-state index in [2.05, 4.69) is 10.3 Å². The molecule has 2 aromatic rings. The number of thioether (sulfide) groups is 1. The van der Waals surface area contributed by atoms with E-state index in [1.807, 2.05) is 19.1 Å². The number of allylic oxidation sites excluding steroid dienone is 1. The van der Waals surface area contributed by atoms with Gasteiger partial charge in [0.05, 0.1) is 16.2 Å².